The van der Waals surface area contributed by atoms with Crippen molar-refractivity contribution in [3.8, 4) is 5.75 Å². The molecule has 0 unspecified atom stereocenters. The lowest BCUT2D eigenvalue weighted by Gasteiger charge is -2.23. The molecule has 0 fully saturated rings. The summed E-state index contributed by atoms with van der Waals surface area (Å²) in [4.78, 5) is 26.9. The molecule has 0 saturated heterocycles. The number of carbonyl (C=O) groups is 2. The summed E-state index contributed by atoms with van der Waals surface area (Å²) in [6, 6.07) is 2.90. The van der Waals surface area contributed by atoms with Crippen molar-refractivity contribution in [3.63, 3.8) is 0 Å². The van der Waals surface area contributed by atoms with E-state index in [-0.39, 0.29) is 40.8 Å². The zero-order valence-corrected chi connectivity index (χ0v) is 15.5. The third-order valence-electron chi connectivity index (χ3n) is 3.00. The molecule has 0 heterocycles. The molecule has 1 aromatic carbocycles. The summed E-state index contributed by atoms with van der Waals surface area (Å²) >= 11 is 17.7. The van der Waals surface area contributed by atoms with E-state index in [4.69, 9.17) is 39.5 Å². The van der Waals surface area contributed by atoms with Crippen molar-refractivity contribution in [3.05, 3.63) is 27.2 Å². The van der Waals surface area contributed by atoms with Gasteiger partial charge in [0.15, 0.2) is 6.61 Å². The lowest BCUT2D eigenvalue weighted by atomic mass is 10.3. The summed E-state index contributed by atoms with van der Waals surface area (Å²) in [5, 5.41) is 0.852. The molecule has 0 N–H and O–H groups in total. The Kier molecular flexibility index (Phi) is 7.95. The highest BCUT2D eigenvalue weighted by atomic mass is 35.5. The van der Waals surface area contributed by atoms with Crippen molar-refractivity contribution in [2.75, 3.05) is 33.8 Å². The molecule has 5 nitrogen and oxygen atoms in total. The average molecular weight is 382 g/mol. The summed E-state index contributed by atoms with van der Waals surface area (Å²) < 4.78 is 5.41. The Morgan fingerprint density at radius 3 is 2.22 bits per heavy atom. The molecule has 0 aromatic heterocycles. The highest BCUT2D eigenvalue weighted by Crippen LogP contribution is 2.33. The van der Waals surface area contributed by atoms with Crippen LogP contribution < -0.4 is 4.74 Å². The van der Waals surface area contributed by atoms with E-state index in [1.807, 2.05) is 6.92 Å². The van der Waals surface area contributed by atoms with Gasteiger partial charge in [-0.1, -0.05) is 41.7 Å². The first-order valence-corrected chi connectivity index (χ1v) is 8.14. The minimum Gasteiger partial charge on any atom is -0.482 e. The summed E-state index contributed by atoms with van der Waals surface area (Å²) in [5.41, 5.74) is 0. The molecule has 23 heavy (non-hydrogen) atoms. The molecule has 0 atom stereocenters. The Morgan fingerprint density at radius 1 is 1.04 bits per heavy atom. The van der Waals surface area contributed by atoms with Crippen LogP contribution in [0.15, 0.2) is 12.1 Å². The molecule has 0 radical (unpaired) electrons. The number of nitrogens with zero attached hydrogens (tertiary/aromatic N) is 2. The Morgan fingerprint density at radius 2 is 1.65 bits per heavy atom. The second-order valence-electron chi connectivity index (χ2n) is 5.09. The Bertz CT molecular complexity index is 579. The van der Waals surface area contributed by atoms with Gasteiger partial charge in [0, 0.05) is 26.7 Å². The van der Waals surface area contributed by atoms with Crippen molar-refractivity contribution in [2.24, 2.45) is 0 Å². The lowest BCUT2D eigenvalue weighted by Crippen LogP contribution is -2.42. The molecule has 128 valence electrons. The quantitative estimate of drug-likeness (QED) is 0.681. The first kappa shape index (κ1) is 19.9. The number of benzene rings is 1. The van der Waals surface area contributed by atoms with Crippen molar-refractivity contribution in [1.82, 2.24) is 9.80 Å². The summed E-state index contributed by atoms with van der Waals surface area (Å²) in [6.07, 6.45) is 0.736. The maximum Gasteiger partial charge on any atom is 0.260 e. The largest absolute Gasteiger partial charge is 0.482 e. The van der Waals surface area contributed by atoms with E-state index < -0.39 is 0 Å². The molecule has 2 amide bonds. The van der Waals surface area contributed by atoms with E-state index in [1.54, 1.807) is 14.1 Å². The summed E-state index contributed by atoms with van der Waals surface area (Å²) in [7, 11) is 3.28. The van der Waals surface area contributed by atoms with Crippen LogP contribution in [0.5, 0.6) is 5.75 Å². The van der Waals surface area contributed by atoms with Crippen LogP contribution in [0.3, 0.4) is 0 Å². The van der Waals surface area contributed by atoms with Gasteiger partial charge in [-0.05, 0) is 12.5 Å². The van der Waals surface area contributed by atoms with Gasteiger partial charge < -0.3 is 14.5 Å². The number of hydrogen-bond acceptors (Lipinski definition) is 3. The number of likely N-dealkylation sites (N-methyl/N-ethyl adjacent to an activating group) is 1. The van der Waals surface area contributed by atoms with Crippen LogP contribution in [-0.2, 0) is 9.59 Å². The van der Waals surface area contributed by atoms with Crippen LogP contribution in [0, 0.1) is 0 Å². The molecule has 1 aromatic rings. The smallest absolute Gasteiger partial charge is 0.260 e. The number of carbonyl (C=O) groups excluding carboxylic acids is 2. The normalized spacial score (nSPS) is 10.3. The fourth-order valence-corrected chi connectivity index (χ4v) is 2.30. The van der Waals surface area contributed by atoms with Crippen molar-refractivity contribution >= 4 is 46.6 Å². The van der Waals surface area contributed by atoms with Gasteiger partial charge in [-0.2, -0.15) is 0 Å². The number of ether oxygens (including phenoxy) is 1. The third kappa shape index (κ3) is 6.09. The van der Waals surface area contributed by atoms with E-state index >= 15 is 0 Å². The van der Waals surface area contributed by atoms with Crippen LogP contribution in [-0.4, -0.2) is 55.4 Å². The fraction of sp³-hybridized carbons (Fsp3) is 0.467. The topological polar surface area (TPSA) is 49.9 Å². The average Bonchev–Trinajstić information content (AvgIpc) is 2.48. The number of halogens is 3. The first-order valence-electron chi connectivity index (χ1n) is 7.01. The molecule has 0 aliphatic heterocycles. The van der Waals surface area contributed by atoms with Gasteiger partial charge in [-0.15, -0.1) is 0 Å². The highest BCUT2D eigenvalue weighted by Gasteiger charge is 2.18. The monoisotopic (exact) mass is 380 g/mol. The van der Waals surface area contributed by atoms with Gasteiger partial charge in [0.25, 0.3) is 5.91 Å². The highest BCUT2D eigenvalue weighted by molar-refractivity contribution is 6.43. The van der Waals surface area contributed by atoms with Crippen molar-refractivity contribution < 1.29 is 14.3 Å². The minimum absolute atomic E-state index is 0.0120. The van der Waals surface area contributed by atoms with Crippen molar-refractivity contribution in [1.29, 1.82) is 0 Å². The predicted octanol–water partition coefficient (Wildman–Crippen LogP) is 3.35. The molecular weight excluding hydrogens is 363 g/mol. The molecule has 0 saturated carbocycles. The van der Waals surface area contributed by atoms with Crippen LogP contribution in [0.25, 0.3) is 0 Å². The Hall–Kier alpha value is -1.17. The van der Waals surface area contributed by atoms with E-state index in [2.05, 4.69) is 0 Å². The number of amides is 2. The molecule has 1 rings (SSSR count). The van der Waals surface area contributed by atoms with Crippen LogP contribution >= 0.6 is 34.8 Å². The first-order chi connectivity index (χ1) is 10.8. The molecular formula is C15H19Cl3N2O3. The van der Waals surface area contributed by atoms with Crippen LogP contribution in [0.2, 0.25) is 15.1 Å². The SMILES string of the molecule is CCCN(CC(=O)N(C)C)C(=O)COc1cc(Cl)c(Cl)cc1Cl. The van der Waals surface area contributed by atoms with Gasteiger partial charge in [-0.25, -0.2) is 0 Å². The molecule has 0 aliphatic carbocycles. The number of rotatable bonds is 7. The Balaban J connectivity index is 2.72. The molecule has 8 heteroatoms. The second-order valence-corrected chi connectivity index (χ2v) is 6.31. The van der Waals surface area contributed by atoms with E-state index in [0.717, 1.165) is 6.42 Å². The second kappa shape index (κ2) is 9.21. The maximum atomic E-state index is 12.3. The fourth-order valence-electron chi connectivity index (χ4n) is 1.71. The molecule has 0 spiro atoms. The van der Waals surface area contributed by atoms with E-state index in [1.165, 1.54) is 21.9 Å². The van der Waals surface area contributed by atoms with Gasteiger partial charge in [0.2, 0.25) is 5.91 Å². The maximum absolute atomic E-state index is 12.3. The summed E-state index contributed by atoms with van der Waals surface area (Å²) in [5.74, 6) is -0.187. The van der Waals surface area contributed by atoms with Crippen LogP contribution in [0.4, 0.5) is 0 Å². The lowest BCUT2D eigenvalue weighted by molar-refractivity contribution is -0.140. The van der Waals surface area contributed by atoms with Gasteiger partial charge in [-0.3, -0.25) is 9.59 Å². The van der Waals surface area contributed by atoms with E-state index in [0.29, 0.717) is 11.6 Å². The van der Waals surface area contributed by atoms with Crippen molar-refractivity contribution in [2.45, 2.75) is 13.3 Å². The van der Waals surface area contributed by atoms with Crippen LogP contribution in [0.1, 0.15) is 13.3 Å². The summed E-state index contributed by atoms with van der Waals surface area (Å²) in [6.45, 7) is 2.17. The Labute approximate surface area is 151 Å². The molecule has 0 bridgehead atoms. The van der Waals surface area contributed by atoms with E-state index in [9.17, 15) is 9.59 Å². The standard InChI is InChI=1S/C15H19Cl3N2O3/c1-4-5-20(8-14(21)19(2)3)15(22)9-23-13-7-11(17)10(16)6-12(13)18/h6-7H,4-5,8-9H2,1-3H3. The van der Waals surface area contributed by atoms with Gasteiger partial charge in [0.05, 0.1) is 21.6 Å². The zero-order chi connectivity index (χ0) is 17.6. The predicted molar refractivity (Wildman–Crippen MR) is 92.5 cm³/mol. The minimum atomic E-state index is -0.302. The zero-order valence-electron chi connectivity index (χ0n) is 13.2. The third-order valence-corrected chi connectivity index (χ3v) is 4.01. The number of hydrogen-bond donors (Lipinski definition) is 0. The molecule has 0 aliphatic rings. The van der Waals surface area contributed by atoms with Gasteiger partial charge in [0.1, 0.15) is 5.75 Å². The van der Waals surface area contributed by atoms with Gasteiger partial charge >= 0.3 is 0 Å².